The highest BCUT2D eigenvalue weighted by molar-refractivity contribution is 7.93. The topological polar surface area (TPSA) is 108 Å². The number of halogens is 3. The van der Waals surface area contributed by atoms with Crippen LogP contribution in [0.3, 0.4) is 0 Å². The van der Waals surface area contributed by atoms with Crippen LogP contribution in [0, 0.1) is 5.92 Å². The van der Waals surface area contributed by atoms with Crippen molar-refractivity contribution in [2.45, 2.75) is 50.8 Å². The Kier molecular flexibility index (Phi) is 8.42. The van der Waals surface area contributed by atoms with Crippen LogP contribution in [0.2, 0.25) is 0 Å². The average Bonchev–Trinajstić information content (AvgIpc) is 3.21. The molecule has 2 N–H and O–H groups in total. The van der Waals surface area contributed by atoms with Gasteiger partial charge >= 0.3 is 6.36 Å². The van der Waals surface area contributed by atoms with Crippen molar-refractivity contribution in [1.29, 1.82) is 0 Å². The van der Waals surface area contributed by atoms with Gasteiger partial charge in [0.2, 0.25) is 10.0 Å². The summed E-state index contributed by atoms with van der Waals surface area (Å²) >= 11 is 0. The second kappa shape index (κ2) is 11.6. The van der Waals surface area contributed by atoms with Crippen molar-refractivity contribution in [1.82, 2.24) is 4.31 Å². The summed E-state index contributed by atoms with van der Waals surface area (Å²) in [5, 5.41) is 15.9. The minimum atomic E-state index is -4.85. The van der Waals surface area contributed by atoms with Gasteiger partial charge in [0.05, 0.1) is 16.2 Å². The number of allylic oxidation sites excluding steroid dienone is 1. The van der Waals surface area contributed by atoms with Crippen LogP contribution in [0.15, 0.2) is 53.5 Å². The Morgan fingerprint density at radius 3 is 2.71 bits per heavy atom. The van der Waals surface area contributed by atoms with Crippen LogP contribution in [-0.4, -0.2) is 75.3 Å². The first kappa shape index (κ1) is 30.5. The third-order valence-electron chi connectivity index (χ3n) is 7.98. The van der Waals surface area contributed by atoms with Crippen molar-refractivity contribution < 1.29 is 41.0 Å². The van der Waals surface area contributed by atoms with Crippen molar-refractivity contribution in [2.75, 3.05) is 43.6 Å². The van der Waals surface area contributed by atoms with Gasteiger partial charge in [-0.05, 0) is 56.9 Å². The van der Waals surface area contributed by atoms with Gasteiger partial charge in [-0.1, -0.05) is 24.3 Å². The molecule has 42 heavy (non-hydrogen) atoms. The number of sulfonamides is 1. The number of anilines is 2. The van der Waals surface area contributed by atoms with E-state index in [1.165, 1.54) is 17.3 Å². The molecule has 1 amide bonds. The van der Waals surface area contributed by atoms with E-state index in [0.29, 0.717) is 43.7 Å². The maximum Gasteiger partial charge on any atom is 0.523 e. The molecule has 0 spiro atoms. The van der Waals surface area contributed by atoms with Gasteiger partial charge in [0.25, 0.3) is 5.91 Å². The molecule has 2 aromatic rings. The van der Waals surface area contributed by atoms with Crippen LogP contribution in [-0.2, 0) is 19.5 Å². The Hall–Kier alpha value is -2.97. The Bertz CT molecular complexity index is 1530. The first-order chi connectivity index (χ1) is 19.8. The molecule has 0 radical (unpaired) electrons. The molecule has 1 aliphatic carbocycles. The molecule has 3 aliphatic rings. The highest BCUT2D eigenvalue weighted by Gasteiger charge is 2.41. The predicted octanol–water partition coefficient (Wildman–Crippen LogP) is 4.75. The number of rotatable bonds is 10. The van der Waals surface area contributed by atoms with E-state index in [1.807, 2.05) is 18.2 Å². The third kappa shape index (κ3) is 6.06. The number of alkyl halides is 3. The van der Waals surface area contributed by atoms with E-state index < -0.39 is 34.1 Å². The van der Waals surface area contributed by atoms with E-state index in [-0.39, 0.29) is 30.3 Å². The van der Waals surface area contributed by atoms with Crippen LogP contribution in [0.5, 0.6) is 0 Å². The molecule has 3 atom stereocenters. The largest absolute Gasteiger partial charge is 0.523 e. The van der Waals surface area contributed by atoms with Crippen molar-refractivity contribution >= 4 is 38.1 Å². The zero-order chi connectivity index (χ0) is 30.3. The second-order valence-electron chi connectivity index (χ2n) is 11.0. The molecule has 13 heteroatoms. The molecule has 228 valence electrons. The number of hydrogen-bond acceptors (Lipinski definition) is 7. The van der Waals surface area contributed by atoms with Gasteiger partial charge in [-0.2, -0.15) is 4.31 Å². The summed E-state index contributed by atoms with van der Waals surface area (Å²) in [5.74, 6) is -0.537. The number of nitrogens with one attached hydrogen (secondary N) is 1. The Labute approximate surface area is 242 Å². The van der Waals surface area contributed by atoms with E-state index in [0.717, 1.165) is 28.6 Å². The summed E-state index contributed by atoms with van der Waals surface area (Å²) in [4.78, 5) is 14.7. The predicted molar refractivity (Wildman–Crippen MR) is 152 cm³/mol. The Morgan fingerprint density at radius 2 is 2.02 bits per heavy atom. The Morgan fingerprint density at radius 1 is 1.24 bits per heavy atom. The molecule has 9 nitrogen and oxygen atoms in total. The zero-order valence-corrected chi connectivity index (χ0v) is 24.2. The number of methoxy groups -OCH3 is 1. The minimum absolute atomic E-state index is 0.0328. The minimum Gasteiger partial charge on any atom is -0.385 e. The lowest BCUT2D eigenvalue weighted by Gasteiger charge is -2.36. The van der Waals surface area contributed by atoms with Gasteiger partial charge in [-0.15, -0.1) is 13.2 Å². The maximum absolute atomic E-state index is 13.4. The normalized spacial score (nSPS) is 23.9. The van der Waals surface area contributed by atoms with Crippen molar-refractivity contribution in [3.8, 4) is 0 Å². The number of aliphatic hydroxyl groups is 1. The lowest BCUT2D eigenvalue weighted by molar-refractivity contribution is -0.355. The van der Waals surface area contributed by atoms with Gasteiger partial charge in [0, 0.05) is 61.3 Å². The number of amides is 1. The molecule has 5 rings (SSSR count). The molecular weight excluding hydrogens is 575 g/mol. The monoisotopic (exact) mass is 609 g/mol. The lowest BCUT2D eigenvalue weighted by Crippen LogP contribution is -2.46. The molecule has 1 saturated heterocycles. The standard InChI is InChI=1S/C29H34F3N3O6S/c1-28(41-29(30,31)32)13-11-20(12-14-28)42(38,39)34-15-4-6-19(18-34)26(36)33-23-9-10-24-25-21(23)7-3-8-22(25)27(37)35(24)16-5-17-40-2/h3,7-13,19,26,33,36H,4-6,14-18H2,1-2H3. The molecule has 0 aromatic heterocycles. The smallest absolute Gasteiger partial charge is 0.385 e. The maximum atomic E-state index is 13.4. The second-order valence-corrected chi connectivity index (χ2v) is 13.0. The van der Waals surface area contributed by atoms with Crippen LogP contribution in [0.25, 0.3) is 10.8 Å². The fourth-order valence-corrected chi connectivity index (χ4v) is 7.46. The lowest BCUT2D eigenvalue weighted by atomic mass is 9.97. The van der Waals surface area contributed by atoms with Crippen LogP contribution in [0.1, 0.15) is 43.0 Å². The molecule has 2 aliphatic heterocycles. The van der Waals surface area contributed by atoms with Gasteiger partial charge in [-0.3, -0.25) is 9.53 Å². The number of aliphatic hydroxyl groups excluding tert-OH is 1. The molecule has 0 bridgehead atoms. The van der Waals surface area contributed by atoms with Gasteiger partial charge < -0.3 is 20.1 Å². The fraction of sp³-hybridized carbons (Fsp3) is 0.483. The first-order valence-electron chi connectivity index (χ1n) is 13.8. The number of ether oxygens (including phenoxy) is 2. The summed E-state index contributed by atoms with van der Waals surface area (Å²) in [6.45, 7) is 2.55. The van der Waals surface area contributed by atoms with Gasteiger partial charge in [0.1, 0.15) is 6.23 Å². The summed E-state index contributed by atoms with van der Waals surface area (Å²) in [7, 11) is -2.38. The van der Waals surface area contributed by atoms with Crippen LogP contribution in [0.4, 0.5) is 24.5 Å². The SMILES string of the molecule is COCCCN1C(=O)c2cccc3c(NC(O)C4CCCN(S(=O)(=O)C5=CCC(C)(OC(F)(F)F)C=C5)C4)ccc1c23. The molecular formula is C29H34F3N3O6S. The number of nitrogens with zero attached hydrogens (tertiary/aromatic N) is 2. The number of carbonyl (C=O) groups excluding carboxylic acids is 1. The molecule has 1 fully saturated rings. The molecule has 2 heterocycles. The van der Waals surface area contributed by atoms with Gasteiger partial charge in [-0.25, -0.2) is 8.42 Å². The summed E-state index contributed by atoms with van der Waals surface area (Å²) in [6.07, 6.45) is -0.930. The van der Waals surface area contributed by atoms with Crippen molar-refractivity contribution in [2.24, 2.45) is 5.92 Å². The number of carbonyl (C=O) groups is 1. The highest BCUT2D eigenvalue weighted by Crippen LogP contribution is 2.41. The van der Waals surface area contributed by atoms with Gasteiger partial charge in [0.15, 0.2) is 0 Å². The Balaban J connectivity index is 1.30. The quantitative estimate of drug-likeness (QED) is 0.296. The van der Waals surface area contributed by atoms with E-state index in [9.17, 15) is 31.5 Å². The third-order valence-corrected chi connectivity index (χ3v) is 9.89. The molecule has 0 saturated carbocycles. The fourth-order valence-electron chi connectivity index (χ4n) is 5.87. The number of benzene rings is 2. The summed E-state index contributed by atoms with van der Waals surface area (Å²) in [6, 6.07) is 9.09. The summed E-state index contributed by atoms with van der Waals surface area (Å²) < 4.78 is 75.5. The molecule has 3 unspecified atom stereocenters. The van der Waals surface area contributed by atoms with Crippen molar-refractivity contribution in [3.05, 3.63) is 59.0 Å². The summed E-state index contributed by atoms with van der Waals surface area (Å²) in [5.41, 5.74) is 0.310. The first-order valence-corrected chi connectivity index (χ1v) is 15.2. The number of piperidine rings is 1. The average molecular weight is 610 g/mol. The zero-order valence-electron chi connectivity index (χ0n) is 23.4. The molecule has 2 aromatic carbocycles. The van der Waals surface area contributed by atoms with Crippen LogP contribution >= 0.6 is 0 Å². The van der Waals surface area contributed by atoms with Crippen LogP contribution < -0.4 is 10.2 Å². The van der Waals surface area contributed by atoms with E-state index in [2.05, 4.69) is 10.1 Å². The van der Waals surface area contributed by atoms with E-state index >= 15 is 0 Å². The van der Waals surface area contributed by atoms with E-state index in [4.69, 9.17) is 4.74 Å². The highest BCUT2D eigenvalue weighted by atomic mass is 32.2. The number of hydrogen-bond donors (Lipinski definition) is 2. The van der Waals surface area contributed by atoms with E-state index in [1.54, 1.807) is 24.1 Å². The van der Waals surface area contributed by atoms with Crippen molar-refractivity contribution in [3.63, 3.8) is 0 Å².